The van der Waals surface area contributed by atoms with E-state index < -0.39 is 6.10 Å². The molecule has 0 saturated carbocycles. The highest BCUT2D eigenvalue weighted by Crippen LogP contribution is 2.17. The molecule has 0 aliphatic carbocycles. The fourth-order valence-corrected chi connectivity index (χ4v) is 8.45. The van der Waals surface area contributed by atoms with Crippen LogP contribution in [0.1, 0.15) is 316 Å². The Morgan fingerprint density at radius 1 is 0.262 bits per heavy atom. The predicted molar refractivity (Wildman–Crippen MR) is 261 cm³/mol. The number of hydrogen-bond acceptors (Lipinski definition) is 6. The molecular formula is C55H106O6. The minimum Gasteiger partial charge on any atom is -0.462 e. The van der Waals surface area contributed by atoms with Crippen LogP contribution in [0.5, 0.6) is 0 Å². The molecular weight excluding hydrogens is 757 g/mol. The Bertz CT molecular complexity index is 905. The van der Waals surface area contributed by atoms with E-state index in [1.54, 1.807) is 0 Å². The van der Waals surface area contributed by atoms with Crippen molar-refractivity contribution in [2.75, 3.05) is 13.2 Å². The maximum atomic E-state index is 12.8. The van der Waals surface area contributed by atoms with Gasteiger partial charge < -0.3 is 14.2 Å². The van der Waals surface area contributed by atoms with Gasteiger partial charge in [0.25, 0.3) is 0 Å². The second-order valence-electron chi connectivity index (χ2n) is 18.9. The molecule has 6 nitrogen and oxygen atoms in total. The number of ether oxygens (including phenoxy) is 3. The maximum absolute atomic E-state index is 12.8. The van der Waals surface area contributed by atoms with Gasteiger partial charge in [0.1, 0.15) is 13.2 Å². The van der Waals surface area contributed by atoms with Crippen molar-refractivity contribution in [2.24, 2.45) is 0 Å². The van der Waals surface area contributed by atoms with E-state index in [4.69, 9.17) is 14.2 Å². The van der Waals surface area contributed by atoms with E-state index in [9.17, 15) is 14.4 Å². The number of carbonyl (C=O) groups is 3. The first-order chi connectivity index (χ1) is 30.0. The number of unbranched alkanes of at least 4 members (excludes halogenated alkanes) is 40. The summed E-state index contributed by atoms with van der Waals surface area (Å²) in [5, 5.41) is 0. The van der Waals surface area contributed by atoms with Crippen molar-refractivity contribution in [3.05, 3.63) is 0 Å². The lowest BCUT2D eigenvalue weighted by molar-refractivity contribution is -0.167. The van der Waals surface area contributed by atoms with Crippen molar-refractivity contribution < 1.29 is 28.6 Å². The zero-order chi connectivity index (χ0) is 44.4. The predicted octanol–water partition coefficient (Wildman–Crippen LogP) is 18.0. The van der Waals surface area contributed by atoms with Gasteiger partial charge in [-0.25, -0.2) is 0 Å². The Balaban J connectivity index is 4.23. The lowest BCUT2D eigenvalue weighted by atomic mass is 10.0. The summed E-state index contributed by atoms with van der Waals surface area (Å²) in [6.45, 7) is 6.69. The third-order valence-corrected chi connectivity index (χ3v) is 12.6. The Morgan fingerprint density at radius 3 is 0.656 bits per heavy atom. The van der Waals surface area contributed by atoms with Crippen LogP contribution in [0.25, 0.3) is 0 Å². The van der Waals surface area contributed by atoms with Crippen molar-refractivity contribution >= 4 is 17.9 Å². The quantitative estimate of drug-likeness (QED) is 0.0344. The Hall–Kier alpha value is -1.59. The van der Waals surface area contributed by atoms with E-state index in [1.807, 2.05) is 0 Å². The normalized spacial score (nSPS) is 11.9. The van der Waals surface area contributed by atoms with Gasteiger partial charge in [-0.2, -0.15) is 0 Å². The standard InChI is InChI=1S/C55H106O6/c1-4-7-10-13-16-19-22-24-25-26-27-28-29-31-33-36-39-42-45-48-54(57)60-51-52(50-59-53(56)47-44-41-38-35-32-21-18-15-12-9-6-3)61-55(58)49-46-43-40-37-34-30-23-20-17-14-11-8-5-2/h52H,4-51H2,1-3H3. The first-order valence-electron chi connectivity index (χ1n) is 27.5. The van der Waals surface area contributed by atoms with Crippen LogP contribution in [-0.2, 0) is 28.6 Å². The smallest absolute Gasteiger partial charge is 0.306 e. The van der Waals surface area contributed by atoms with E-state index >= 15 is 0 Å². The van der Waals surface area contributed by atoms with E-state index in [2.05, 4.69) is 20.8 Å². The van der Waals surface area contributed by atoms with Crippen LogP contribution in [0.4, 0.5) is 0 Å². The van der Waals surface area contributed by atoms with Crippen LogP contribution >= 0.6 is 0 Å². The first kappa shape index (κ1) is 59.4. The summed E-state index contributed by atoms with van der Waals surface area (Å²) in [6.07, 6.45) is 55.2. The van der Waals surface area contributed by atoms with Gasteiger partial charge in [-0.15, -0.1) is 0 Å². The molecule has 0 fully saturated rings. The zero-order valence-electron chi connectivity index (χ0n) is 41.5. The highest BCUT2D eigenvalue weighted by molar-refractivity contribution is 5.71. The largest absolute Gasteiger partial charge is 0.462 e. The van der Waals surface area contributed by atoms with Crippen molar-refractivity contribution in [2.45, 2.75) is 322 Å². The average molecular weight is 863 g/mol. The van der Waals surface area contributed by atoms with Gasteiger partial charge in [0.2, 0.25) is 0 Å². The lowest BCUT2D eigenvalue weighted by Gasteiger charge is -2.18. The summed E-state index contributed by atoms with van der Waals surface area (Å²) in [5.74, 6) is -0.838. The van der Waals surface area contributed by atoms with Crippen LogP contribution in [0.3, 0.4) is 0 Å². The van der Waals surface area contributed by atoms with Crippen LogP contribution in [0.15, 0.2) is 0 Å². The lowest BCUT2D eigenvalue weighted by Crippen LogP contribution is -2.30. The van der Waals surface area contributed by atoms with E-state index in [0.717, 1.165) is 57.8 Å². The summed E-state index contributed by atoms with van der Waals surface area (Å²) in [6, 6.07) is 0. The molecule has 362 valence electrons. The second-order valence-corrected chi connectivity index (χ2v) is 18.9. The van der Waals surface area contributed by atoms with Gasteiger partial charge in [-0.05, 0) is 19.3 Å². The van der Waals surface area contributed by atoms with Gasteiger partial charge in [0, 0.05) is 19.3 Å². The Kier molecular flexibility index (Phi) is 49.7. The molecule has 0 bridgehead atoms. The molecule has 1 atom stereocenters. The molecule has 1 unspecified atom stereocenters. The number of esters is 3. The molecule has 0 radical (unpaired) electrons. The highest BCUT2D eigenvalue weighted by atomic mass is 16.6. The molecule has 0 spiro atoms. The van der Waals surface area contributed by atoms with Crippen molar-refractivity contribution in [1.29, 1.82) is 0 Å². The molecule has 0 heterocycles. The molecule has 0 aliphatic rings. The zero-order valence-corrected chi connectivity index (χ0v) is 41.5. The monoisotopic (exact) mass is 863 g/mol. The molecule has 0 aliphatic heterocycles. The number of carbonyl (C=O) groups excluding carboxylic acids is 3. The van der Waals surface area contributed by atoms with Gasteiger partial charge in [0.05, 0.1) is 0 Å². The summed E-state index contributed by atoms with van der Waals surface area (Å²) < 4.78 is 16.8. The Labute approximate surface area is 380 Å². The molecule has 0 amide bonds. The van der Waals surface area contributed by atoms with Crippen LogP contribution in [0, 0.1) is 0 Å². The Morgan fingerprint density at radius 2 is 0.443 bits per heavy atom. The maximum Gasteiger partial charge on any atom is 0.306 e. The van der Waals surface area contributed by atoms with Crippen LogP contribution < -0.4 is 0 Å². The molecule has 0 aromatic carbocycles. The second kappa shape index (κ2) is 51.0. The minimum absolute atomic E-state index is 0.0615. The molecule has 0 saturated heterocycles. The van der Waals surface area contributed by atoms with Crippen molar-refractivity contribution in [3.63, 3.8) is 0 Å². The number of hydrogen-bond donors (Lipinski definition) is 0. The highest BCUT2D eigenvalue weighted by Gasteiger charge is 2.19. The molecule has 0 N–H and O–H groups in total. The topological polar surface area (TPSA) is 78.9 Å². The molecule has 0 rings (SSSR count). The van der Waals surface area contributed by atoms with Crippen LogP contribution in [0.2, 0.25) is 0 Å². The van der Waals surface area contributed by atoms with E-state index in [0.29, 0.717) is 19.3 Å². The summed E-state index contributed by atoms with van der Waals surface area (Å²) in [7, 11) is 0. The average Bonchev–Trinajstić information content (AvgIpc) is 3.26. The molecule has 0 aromatic rings. The third kappa shape index (κ3) is 49.3. The van der Waals surface area contributed by atoms with E-state index in [-0.39, 0.29) is 31.1 Å². The summed E-state index contributed by atoms with van der Waals surface area (Å²) in [4.78, 5) is 38.0. The SMILES string of the molecule is CCCCCCCCCCCCCCCCCCCCCC(=O)OCC(COC(=O)CCCCCCCCCCCCC)OC(=O)CCCCCCCCCCCCCCC. The first-order valence-corrected chi connectivity index (χ1v) is 27.5. The van der Waals surface area contributed by atoms with Crippen LogP contribution in [-0.4, -0.2) is 37.2 Å². The van der Waals surface area contributed by atoms with Crippen molar-refractivity contribution in [3.8, 4) is 0 Å². The summed E-state index contributed by atoms with van der Waals surface area (Å²) in [5.41, 5.74) is 0. The van der Waals surface area contributed by atoms with Gasteiger partial charge >= 0.3 is 17.9 Å². The summed E-state index contributed by atoms with van der Waals surface area (Å²) >= 11 is 0. The minimum atomic E-state index is -0.759. The van der Waals surface area contributed by atoms with E-state index in [1.165, 1.54) is 218 Å². The molecule has 61 heavy (non-hydrogen) atoms. The van der Waals surface area contributed by atoms with Gasteiger partial charge in [-0.3, -0.25) is 14.4 Å². The molecule has 6 heteroatoms. The fourth-order valence-electron chi connectivity index (χ4n) is 8.45. The molecule has 0 aromatic heterocycles. The van der Waals surface area contributed by atoms with Crippen molar-refractivity contribution in [1.82, 2.24) is 0 Å². The number of rotatable bonds is 51. The van der Waals surface area contributed by atoms with Gasteiger partial charge in [-0.1, -0.05) is 278 Å². The van der Waals surface area contributed by atoms with Gasteiger partial charge in [0.15, 0.2) is 6.10 Å². The third-order valence-electron chi connectivity index (χ3n) is 12.6. The fraction of sp³-hybridized carbons (Fsp3) is 0.945.